The Morgan fingerprint density at radius 3 is 2.70 bits per heavy atom. The first-order valence-electron chi connectivity index (χ1n) is 6.36. The average Bonchev–Trinajstić information content (AvgIpc) is 3.20. The molecule has 1 aliphatic carbocycles. The fourth-order valence-electron chi connectivity index (χ4n) is 1.99. The number of likely N-dealkylation sites (N-methyl/N-ethyl adjacent to an activating group) is 1. The quantitative estimate of drug-likeness (QED) is 0.855. The van der Waals surface area contributed by atoms with E-state index < -0.39 is 23.6 Å². The molecule has 0 aromatic heterocycles. The minimum absolute atomic E-state index is 0.142. The van der Waals surface area contributed by atoms with Crippen LogP contribution in [0.2, 0.25) is 0 Å². The zero-order valence-corrected chi connectivity index (χ0v) is 11.1. The van der Waals surface area contributed by atoms with E-state index in [1.165, 1.54) is 17.0 Å². The van der Waals surface area contributed by atoms with Crippen molar-refractivity contribution in [3.63, 3.8) is 0 Å². The molecule has 1 fully saturated rings. The molecule has 6 heteroatoms. The van der Waals surface area contributed by atoms with Crippen molar-refractivity contribution in [1.29, 1.82) is 0 Å². The van der Waals surface area contributed by atoms with Crippen LogP contribution >= 0.6 is 0 Å². The lowest BCUT2D eigenvalue weighted by molar-refractivity contribution is -0.141. The Morgan fingerprint density at radius 2 is 2.10 bits per heavy atom. The summed E-state index contributed by atoms with van der Waals surface area (Å²) in [6, 6.07) is 6.04. The Hall–Kier alpha value is -2.11. The molecular formula is C14H16FNO4. The number of hydrogen-bond donors (Lipinski definition) is 1. The molecule has 1 N–H and O–H groups in total. The van der Waals surface area contributed by atoms with E-state index in [0.717, 1.165) is 0 Å². The maximum Gasteiger partial charge on any atom is 0.307 e. The van der Waals surface area contributed by atoms with Crippen LogP contribution in [0.25, 0.3) is 0 Å². The van der Waals surface area contributed by atoms with Crippen LogP contribution in [0.3, 0.4) is 0 Å². The van der Waals surface area contributed by atoms with Crippen molar-refractivity contribution in [2.45, 2.75) is 6.42 Å². The third kappa shape index (κ3) is 3.26. The number of hydrogen-bond acceptors (Lipinski definition) is 3. The van der Waals surface area contributed by atoms with Crippen molar-refractivity contribution in [3.8, 4) is 5.75 Å². The number of rotatable bonds is 6. The van der Waals surface area contributed by atoms with Crippen LogP contribution in [0.5, 0.6) is 5.75 Å². The van der Waals surface area contributed by atoms with E-state index in [1.807, 2.05) is 0 Å². The summed E-state index contributed by atoms with van der Waals surface area (Å²) in [6.07, 6.45) is 0.396. The fourth-order valence-corrected chi connectivity index (χ4v) is 1.99. The van der Waals surface area contributed by atoms with Crippen LogP contribution in [0, 0.1) is 17.7 Å². The minimum Gasteiger partial charge on any atom is -0.489 e. The summed E-state index contributed by atoms with van der Waals surface area (Å²) in [5.74, 6) is -2.42. The van der Waals surface area contributed by atoms with Crippen LogP contribution in [0.1, 0.15) is 6.42 Å². The highest BCUT2D eigenvalue weighted by molar-refractivity contribution is 5.89. The topological polar surface area (TPSA) is 66.8 Å². The Kier molecular flexibility index (Phi) is 4.22. The third-order valence-corrected chi connectivity index (χ3v) is 3.32. The van der Waals surface area contributed by atoms with Gasteiger partial charge in [-0.25, -0.2) is 4.39 Å². The normalized spacial score (nSPS) is 20.3. The lowest BCUT2D eigenvalue weighted by Crippen LogP contribution is -2.32. The van der Waals surface area contributed by atoms with E-state index in [2.05, 4.69) is 0 Å². The van der Waals surface area contributed by atoms with E-state index in [0.29, 0.717) is 6.42 Å². The number of carbonyl (C=O) groups excluding carboxylic acids is 1. The number of para-hydroxylation sites is 1. The van der Waals surface area contributed by atoms with Gasteiger partial charge in [0.25, 0.3) is 0 Å². The largest absolute Gasteiger partial charge is 0.489 e. The van der Waals surface area contributed by atoms with Crippen molar-refractivity contribution >= 4 is 11.9 Å². The molecule has 0 saturated heterocycles. The van der Waals surface area contributed by atoms with Gasteiger partial charge in [0.2, 0.25) is 5.91 Å². The predicted octanol–water partition coefficient (Wildman–Crippen LogP) is 1.38. The van der Waals surface area contributed by atoms with Gasteiger partial charge in [-0.2, -0.15) is 0 Å². The number of amides is 1. The van der Waals surface area contributed by atoms with Crippen molar-refractivity contribution < 1.29 is 23.8 Å². The van der Waals surface area contributed by atoms with E-state index in [4.69, 9.17) is 9.84 Å². The Morgan fingerprint density at radius 1 is 1.40 bits per heavy atom. The first-order chi connectivity index (χ1) is 9.50. The lowest BCUT2D eigenvalue weighted by atomic mass is 10.3. The summed E-state index contributed by atoms with van der Waals surface area (Å²) in [7, 11) is 1.59. The fraction of sp³-hybridized carbons (Fsp3) is 0.429. The molecule has 1 aromatic carbocycles. The molecule has 2 atom stereocenters. The summed E-state index contributed by atoms with van der Waals surface area (Å²) in [6.45, 7) is 0.448. The molecule has 0 radical (unpaired) electrons. The van der Waals surface area contributed by atoms with E-state index in [1.54, 1.807) is 19.2 Å². The van der Waals surface area contributed by atoms with Gasteiger partial charge >= 0.3 is 5.97 Å². The first kappa shape index (κ1) is 14.3. The second-order valence-corrected chi connectivity index (χ2v) is 4.83. The molecule has 1 saturated carbocycles. The van der Waals surface area contributed by atoms with Crippen LogP contribution in [-0.2, 0) is 9.59 Å². The second kappa shape index (κ2) is 5.90. The molecule has 0 bridgehead atoms. The van der Waals surface area contributed by atoms with E-state index >= 15 is 0 Å². The molecule has 0 unspecified atom stereocenters. The summed E-state index contributed by atoms with van der Waals surface area (Å²) < 4.78 is 18.5. The van der Waals surface area contributed by atoms with Gasteiger partial charge in [0.15, 0.2) is 11.6 Å². The number of carbonyl (C=O) groups is 2. The second-order valence-electron chi connectivity index (χ2n) is 4.83. The van der Waals surface area contributed by atoms with Gasteiger partial charge in [0.05, 0.1) is 18.4 Å². The highest BCUT2D eigenvalue weighted by Gasteiger charge is 2.49. The van der Waals surface area contributed by atoms with Crippen LogP contribution in [0.15, 0.2) is 24.3 Å². The molecule has 108 valence electrons. The van der Waals surface area contributed by atoms with Gasteiger partial charge in [0, 0.05) is 7.05 Å². The smallest absolute Gasteiger partial charge is 0.307 e. The minimum atomic E-state index is -0.931. The van der Waals surface area contributed by atoms with Crippen LogP contribution in [0.4, 0.5) is 4.39 Å². The van der Waals surface area contributed by atoms with Crippen molar-refractivity contribution in [1.82, 2.24) is 4.90 Å². The van der Waals surface area contributed by atoms with Gasteiger partial charge in [0.1, 0.15) is 6.61 Å². The highest BCUT2D eigenvalue weighted by Crippen LogP contribution is 2.39. The number of carboxylic acid groups (broad SMARTS) is 1. The zero-order valence-electron chi connectivity index (χ0n) is 11.1. The summed E-state index contributed by atoms with van der Waals surface area (Å²) in [5, 5.41) is 8.77. The maximum atomic E-state index is 13.3. The summed E-state index contributed by atoms with van der Waals surface area (Å²) >= 11 is 0. The predicted molar refractivity (Wildman–Crippen MR) is 68.8 cm³/mol. The van der Waals surface area contributed by atoms with E-state index in [-0.39, 0.29) is 24.8 Å². The highest BCUT2D eigenvalue weighted by atomic mass is 19.1. The Balaban J connectivity index is 1.76. The number of carboxylic acids is 1. The Labute approximate surface area is 116 Å². The SMILES string of the molecule is CN(CCOc1ccccc1F)C(=O)[C@H]1C[C@H]1C(=O)O. The van der Waals surface area contributed by atoms with Crippen LogP contribution < -0.4 is 4.74 Å². The number of halogens is 1. The van der Waals surface area contributed by atoms with Crippen molar-refractivity contribution in [2.75, 3.05) is 20.2 Å². The van der Waals surface area contributed by atoms with Crippen molar-refractivity contribution in [3.05, 3.63) is 30.1 Å². The number of ether oxygens (including phenoxy) is 1. The molecule has 0 aliphatic heterocycles. The lowest BCUT2D eigenvalue weighted by Gasteiger charge is -2.17. The van der Waals surface area contributed by atoms with Gasteiger partial charge in [-0.3, -0.25) is 9.59 Å². The molecule has 1 amide bonds. The molecule has 1 aliphatic rings. The average molecular weight is 281 g/mol. The van der Waals surface area contributed by atoms with Crippen molar-refractivity contribution in [2.24, 2.45) is 11.8 Å². The molecule has 5 nitrogen and oxygen atoms in total. The van der Waals surface area contributed by atoms with Gasteiger partial charge in [-0.15, -0.1) is 0 Å². The van der Waals surface area contributed by atoms with E-state index in [9.17, 15) is 14.0 Å². The maximum absolute atomic E-state index is 13.3. The van der Waals surface area contributed by atoms with Crippen LogP contribution in [-0.4, -0.2) is 42.1 Å². The Bertz CT molecular complexity index is 520. The third-order valence-electron chi connectivity index (χ3n) is 3.32. The monoisotopic (exact) mass is 281 g/mol. The first-order valence-corrected chi connectivity index (χ1v) is 6.36. The molecule has 0 heterocycles. The summed E-state index contributed by atoms with van der Waals surface area (Å²) in [5.41, 5.74) is 0. The number of aliphatic carboxylic acids is 1. The van der Waals surface area contributed by atoms with Gasteiger partial charge < -0.3 is 14.7 Å². The molecule has 1 aromatic rings. The standard InChI is InChI=1S/C14H16FNO4/c1-16(13(17)9-8-10(9)14(18)19)6-7-20-12-5-3-2-4-11(12)15/h2-5,9-10H,6-8H2,1H3,(H,18,19)/t9-,10+/m0/s1. The van der Waals surface area contributed by atoms with Gasteiger partial charge in [-0.05, 0) is 18.6 Å². The molecule has 20 heavy (non-hydrogen) atoms. The van der Waals surface area contributed by atoms with Gasteiger partial charge in [-0.1, -0.05) is 12.1 Å². The molecule has 2 rings (SSSR count). The zero-order chi connectivity index (χ0) is 14.7. The number of benzene rings is 1. The summed E-state index contributed by atoms with van der Waals surface area (Å²) in [4.78, 5) is 24.0. The molecule has 0 spiro atoms. The molecular weight excluding hydrogens is 265 g/mol. The number of nitrogens with zero attached hydrogens (tertiary/aromatic N) is 1.